The molecule has 0 aliphatic heterocycles. The van der Waals surface area contributed by atoms with Gasteiger partial charge in [0.2, 0.25) is 0 Å². The Morgan fingerprint density at radius 1 is 1.14 bits per heavy atom. The van der Waals surface area contributed by atoms with E-state index in [2.05, 4.69) is 46.9 Å². The van der Waals surface area contributed by atoms with Crippen molar-refractivity contribution in [1.82, 2.24) is 4.98 Å². The molecule has 0 saturated carbocycles. The molecule has 2 nitrogen and oxygen atoms in total. The van der Waals surface area contributed by atoms with Crippen molar-refractivity contribution in [3.8, 4) is 5.75 Å². The molecule has 0 atom stereocenters. The van der Waals surface area contributed by atoms with E-state index in [0.29, 0.717) is 0 Å². The summed E-state index contributed by atoms with van der Waals surface area (Å²) in [7, 11) is 0. The van der Waals surface area contributed by atoms with Crippen molar-refractivity contribution in [1.29, 1.82) is 0 Å². The predicted octanol–water partition coefficient (Wildman–Crippen LogP) is 5.60. The van der Waals surface area contributed by atoms with Crippen LogP contribution in [-0.4, -0.2) is 16.9 Å². The molecule has 0 aliphatic rings. The van der Waals surface area contributed by atoms with Crippen LogP contribution in [0.4, 0.5) is 0 Å². The van der Waals surface area contributed by atoms with Crippen molar-refractivity contribution in [3.63, 3.8) is 0 Å². The summed E-state index contributed by atoms with van der Waals surface area (Å²) in [5.41, 5.74) is 1.24. The lowest BCUT2D eigenvalue weighted by atomic mass is 9.82. The molecule has 0 unspecified atom stereocenters. The fourth-order valence-electron chi connectivity index (χ4n) is 2.87. The third-order valence-corrected chi connectivity index (χ3v) is 5.14. The Morgan fingerprint density at radius 2 is 1.86 bits per heavy atom. The van der Waals surface area contributed by atoms with Gasteiger partial charge in [0.05, 0.1) is 18.3 Å². The van der Waals surface area contributed by atoms with Crippen molar-refractivity contribution in [2.24, 2.45) is 5.41 Å². The van der Waals surface area contributed by atoms with Crippen LogP contribution >= 0.6 is 15.9 Å². The van der Waals surface area contributed by atoms with Crippen LogP contribution in [0.1, 0.15) is 39.5 Å². The molecule has 0 amide bonds. The number of benzene rings is 1. The summed E-state index contributed by atoms with van der Waals surface area (Å²) in [6.45, 7) is 5.23. The summed E-state index contributed by atoms with van der Waals surface area (Å²) in [6.07, 6.45) is 6.58. The van der Waals surface area contributed by atoms with Crippen LogP contribution in [0.15, 0.2) is 36.5 Å². The molecule has 1 heterocycles. The van der Waals surface area contributed by atoms with Gasteiger partial charge in [-0.1, -0.05) is 60.8 Å². The largest absolute Gasteiger partial charge is 0.491 e. The number of ether oxygens (including phenoxy) is 1. The molecule has 0 spiro atoms. The molecule has 2 aromatic rings. The number of pyridine rings is 1. The van der Waals surface area contributed by atoms with Crippen molar-refractivity contribution >= 4 is 26.8 Å². The van der Waals surface area contributed by atoms with Gasteiger partial charge < -0.3 is 4.74 Å². The average molecular weight is 350 g/mol. The third-order valence-electron chi connectivity index (χ3n) is 3.95. The van der Waals surface area contributed by atoms with Crippen LogP contribution in [0.25, 0.3) is 10.9 Å². The Kier molecular flexibility index (Phi) is 6.04. The second-order valence-electron chi connectivity index (χ2n) is 5.79. The lowest BCUT2D eigenvalue weighted by Gasteiger charge is -2.31. The van der Waals surface area contributed by atoms with E-state index in [-0.39, 0.29) is 5.41 Å². The van der Waals surface area contributed by atoms with Gasteiger partial charge in [0.25, 0.3) is 0 Å². The standard InChI is InChI=1S/C18H24BrNO/c1-3-9-18(13-19,10-4-2)14-21-16-11-15-7-5-6-8-17(15)20-12-16/h5-8,11-12H,3-4,9-10,13-14H2,1-2H3. The van der Waals surface area contributed by atoms with Gasteiger partial charge in [-0.15, -0.1) is 0 Å². The molecular formula is C18H24BrNO. The van der Waals surface area contributed by atoms with E-state index >= 15 is 0 Å². The van der Waals surface area contributed by atoms with Gasteiger partial charge in [-0.3, -0.25) is 4.98 Å². The lowest BCUT2D eigenvalue weighted by molar-refractivity contribution is 0.144. The SMILES string of the molecule is CCCC(CBr)(CCC)COc1cnc2ccccc2c1. The molecule has 0 saturated heterocycles. The number of fused-ring (bicyclic) bond motifs is 1. The zero-order valence-electron chi connectivity index (χ0n) is 12.9. The van der Waals surface area contributed by atoms with Gasteiger partial charge in [0.15, 0.2) is 0 Å². The number of hydrogen-bond acceptors (Lipinski definition) is 2. The third kappa shape index (κ3) is 4.19. The van der Waals surface area contributed by atoms with E-state index < -0.39 is 0 Å². The van der Waals surface area contributed by atoms with Crippen molar-refractivity contribution < 1.29 is 4.74 Å². The first-order chi connectivity index (χ1) is 10.2. The van der Waals surface area contributed by atoms with Gasteiger partial charge in [0, 0.05) is 16.1 Å². The van der Waals surface area contributed by atoms with E-state index in [9.17, 15) is 0 Å². The van der Waals surface area contributed by atoms with Crippen LogP contribution in [-0.2, 0) is 0 Å². The lowest BCUT2D eigenvalue weighted by Crippen LogP contribution is -2.30. The Hall–Kier alpha value is -1.09. The van der Waals surface area contributed by atoms with Crippen LogP contribution in [0.3, 0.4) is 0 Å². The van der Waals surface area contributed by atoms with E-state index in [1.54, 1.807) is 0 Å². The maximum Gasteiger partial charge on any atom is 0.138 e. The highest BCUT2D eigenvalue weighted by atomic mass is 79.9. The van der Waals surface area contributed by atoms with Gasteiger partial charge in [0.1, 0.15) is 5.75 Å². The predicted molar refractivity (Wildman–Crippen MR) is 93.3 cm³/mol. The summed E-state index contributed by atoms with van der Waals surface area (Å²) in [6, 6.07) is 10.2. The zero-order chi connectivity index (χ0) is 15.1. The highest BCUT2D eigenvalue weighted by molar-refractivity contribution is 9.09. The van der Waals surface area contributed by atoms with Gasteiger partial charge in [-0.05, 0) is 25.0 Å². The van der Waals surface area contributed by atoms with Gasteiger partial charge >= 0.3 is 0 Å². The van der Waals surface area contributed by atoms with Crippen LogP contribution in [0, 0.1) is 5.41 Å². The van der Waals surface area contributed by atoms with Gasteiger partial charge in [-0.25, -0.2) is 0 Å². The Bertz CT molecular complexity index is 564. The van der Waals surface area contributed by atoms with E-state index in [1.165, 1.54) is 25.7 Å². The second-order valence-corrected chi connectivity index (χ2v) is 6.35. The Labute approximate surface area is 136 Å². The molecule has 1 aromatic heterocycles. The summed E-state index contributed by atoms with van der Waals surface area (Å²) in [4.78, 5) is 4.46. The fourth-order valence-corrected chi connectivity index (χ4v) is 3.59. The molecule has 0 radical (unpaired) electrons. The number of alkyl halides is 1. The highest BCUT2D eigenvalue weighted by Crippen LogP contribution is 2.33. The molecule has 1 aromatic carbocycles. The topological polar surface area (TPSA) is 22.1 Å². The number of halogens is 1. The maximum absolute atomic E-state index is 6.08. The van der Waals surface area contributed by atoms with Crippen LogP contribution in [0.2, 0.25) is 0 Å². The molecule has 21 heavy (non-hydrogen) atoms. The first-order valence-electron chi connectivity index (χ1n) is 7.76. The molecule has 0 fully saturated rings. The van der Waals surface area contributed by atoms with Gasteiger partial charge in [-0.2, -0.15) is 0 Å². The molecule has 2 rings (SSSR count). The van der Waals surface area contributed by atoms with Crippen LogP contribution < -0.4 is 4.74 Å². The van der Waals surface area contributed by atoms with Crippen molar-refractivity contribution in [2.75, 3.05) is 11.9 Å². The summed E-state index contributed by atoms with van der Waals surface area (Å²) in [5.74, 6) is 0.867. The Balaban J connectivity index is 2.11. The minimum absolute atomic E-state index is 0.231. The van der Waals surface area contributed by atoms with E-state index in [0.717, 1.165) is 28.6 Å². The highest BCUT2D eigenvalue weighted by Gasteiger charge is 2.28. The molecule has 0 N–H and O–H groups in total. The molecule has 0 aliphatic carbocycles. The second kappa shape index (κ2) is 7.79. The number of nitrogens with zero attached hydrogens (tertiary/aromatic N) is 1. The fraction of sp³-hybridized carbons (Fsp3) is 0.500. The monoisotopic (exact) mass is 349 g/mol. The number of rotatable bonds is 8. The molecule has 3 heteroatoms. The maximum atomic E-state index is 6.08. The van der Waals surface area contributed by atoms with Crippen molar-refractivity contribution in [3.05, 3.63) is 36.5 Å². The minimum atomic E-state index is 0.231. The van der Waals surface area contributed by atoms with Crippen LogP contribution in [0.5, 0.6) is 5.75 Å². The number of hydrogen-bond donors (Lipinski definition) is 0. The quantitative estimate of drug-likeness (QED) is 0.579. The zero-order valence-corrected chi connectivity index (χ0v) is 14.5. The average Bonchev–Trinajstić information content (AvgIpc) is 2.53. The van der Waals surface area contributed by atoms with E-state index in [1.807, 2.05) is 24.4 Å². The minimum Gasteiger partial charge on any atom is -0.491 e. The molecule has 0 bridgehead atoms. The van der Waals surface area contributed by atoms with Crippen molar-refractivity contribution in [2.45, 2.75) is 39.5 Å². The molecule has 114 valence electrons. The summed E-state index contributed by atoms with van der Waals surface area (Å²) in [5, 5.41) is 2.12. The first-order valence-corrected chi connectivity index (χ1v) is 8.89. The number of aromatic nitrogens is 1. The summed E-state index contributed by atoms with van der Waals surface area (Å²) < 4.78 is 6.08. The molecular weight excluding hydrogens is 326 g/mol. The summed E-state index contributed by atoms with van der Waals surface area (Å²) >= 11 is 3.69. The van der Waals surface area contributed by atoms with E-state index in [4.69, 9.17) is 4.74 Å². The Morgan fingerprint density at radius 3 is 2.52 bits per heavy atom. The first kappa shape index (κ1) is 16.3. The number of para-hydroxylation sites is 1. The smallest absolute Gasteiger partial charge is 0.138 e. The normalized spacial score (nSPS) is 11.8.